The molecule has 0 aromatic rings. The molecule has 1 rings (SSSR count). The molecular formula is C12H22O2. The Bertz CT molecular complexity index is 158. The number of carbonyl (C=O) groups is 1. The molecule has 0 aromatic heterocycles. The number of hydrogen-bond donors (Lipinski definition) is 0. The Labute approximate surface area is 87.0 Å². The van der Waals surface area contributed by atoms with Gasteiger partial charge in [0.15, 0.2) is 0 Å². The van der Waals surface area contributed by atoms with Crippen molar-refractivity contribution in [1.82, 2.24) is 0 Å². The standard InChI is InChI=1S/C12H22O2/c1-2-3-10-14-12(13)11-8-6-4-5-7-9-11/h11H,2-10H2,1H3. The molecule has 0 atom stereocenters. The predicted octanol–water partition coefficient (Wildman–Crippen LogP) is 3.30. The van der Waals surface area contributed by atoms with Crippen molar-refractivity contribution in [2.24, 2.45) is 5.92 Å². The highest BCUT2D eigenvalue weighted by molar-refractivity contribution is 5.72. The second-order valence-electron chi connectivity index (χ2n) is 4.21. The third kappa shape index (κ3) is 4.12. The Hall–Kier alpha value is -0.530. The fourth-order valence-corrected chi connectivity index (χ4v) is 1.95. The highest BCUT2D eigenvalue weighted by Gasteiger charge is 2.20. The van der Waals surface area contributed by atoms with Crippen LogP contribution in [0.25, 0.3) is 0 Å². The maximum atomic E-state index is 11.6. The van der Waals surface area contributed by atoms with Crippen molar-refractivity contribution in [1.29, 1.82) is 0 Å². The molecule has 0 spiro atoms. The molecule has 0 aliphatic heterocycles. The van der Waals surface area contributed by atoms with Crippen LogP contribution in [0.5, 0.6) is 0 Å². The van der Waals surface area contributed by atoms with Crippen LogP contribution in [0.4, 0.5) is 0 Å². The zero-order valence-electron chi connectivity index (χ0n) is 9.26. The van der Waals surface area contributed by atoms with Gasteiger partial charge in [0.25, 0.3) is 0 Å². The first kappa shape index (κ1) is 11.5. The first-order valence-electron chi connectivity index (χ1n) is 6.01. The van der Waals surface area contributed by atoms with Gasteiger partial charge in [-0.15, -0.1) is 0 Å². The van der Waals surface area contributed by atoms with E-state index in [1.165, 1.54) is 25.7 Å². The van der Waals surface area contributed by atoms with Crippen LogP contribution in [0, 0.1) is 5.92 Å². The first-order chi connectivity index (χ1) is 6.84. The fraction of sp³-hybridized carbons (Fsp3) is 0.917. The Morgan fingerprint density at radius 1 is 1.21 bits per heavy atom. The monoisotopic (exact) mass is 198 g/mol. The molecule has 0 N–H and O–H groups in total. The van der Waals surface area contributed by atoms with Gasteiger partial charge in [0.1, 0.15) is 0 Å². The van der Waals surface area contributed by atoms with E-state index in [-0.39, 0.29) is 11.9 Å². The zero-order chi connectivity index (χ0) is 10.2. The third-order valence-corrected chi connectivity index (χ3v) is 2.93. The van der Waals surface area contributed by atoms with Gasteiger partial charge in [-0.2, -0.15) is 0 Å². The Kier molecular flexibility index (Phi) is 5.65. The van der Waals surface area contributed by atoms with Crippen LogP contribution in [0.2, 0.25) is 0 Å². The summed E-state index contributed by atoms with van der Waals surface area (Å²) < 4.78 is 5.24. The molecule has 0 bridgehead atoms. The number of carbonyl (C=O) groups excluding carboxylic acids is 1. The zero-order valence-corrected chi connectivity index (χ0v) is 9.26. The number of esters is 1. The second-order valence-corrected chi connectivity index (χ2v) is 4.21. The quantitative estimate of drug-likeness (QED) is 0.393. The molecule has 0 aromatic carbocycles. The average Bonchev–Trinajstić information content (AvgIpc) is 2.46. The lowest BCUT2D eigenvalue weighted by Gasteiger charge is -2.12. The van der Waals surface area contributed by atoms with E-state index in [2.05, 4.69) is 6.92 Å². The van der Waals surface area contributed by atoms with Crippen molar-refractivity contribution in [3.05, 3.63) is 0 Å². The van der Waals surface area contributed by atoms with E-state index in [9.17, 15) is 4.79 Å². The smallest absolute Gasteiger partial charge is 0.308 e. The van der Waals surface area contributed by atoms with Gasteiger partial charge >= 0.3 is 5.97 Å². The molecular weight excluding hydrogens is 176 g/mol. The van der Waals surface area contributed by atoms with Gasteiger partial charge in [0.2, 0.25) is 0 Å². The molecule has 2 nitrogen and oxygen atoms in total. The van der Waals surface area contributed by atoms with Crippen molar-refractivity contribution < 1.29 is 9.53 Å². The van der Waals surface area contributed by atoms with Crippen LogP contribution in [-0.2, 0) is 9.53 Å². The minimum atomic E-state index is 0.0559. The van der Waals surface area contributed by atoms with Gasteiger partial charge in [0, 0.05) is 0 Å². The van der Waals surface area contributed by atoms with E-state index in [1.54, 1.807) is 0 Å². The molecule has 82 valence electrons. The van der Waals surface area contributed by atoms with Crippen molar-refractivity contribution >= 4 is 5.97 Å². The summed E-state index contributed by atoms with van der Waals surface area (Å²) in [5, 5.41) is 0. The number of unbranched alkanes of at least 4 members (excludes halogenated alkanes) is 1. The number of rotatable bonds is 4. The van der Waals surface area contributed by atoms with Crippen LogP contribution >= 0.6 is 0 Å². The number of ether oxygens (including phenoxy) is 1. The maximum absolute atomic E-state index is 11.6. The molecule has 1 fully saturated rings. The molecule has 0 heterocycles. The van der Waals surface area contributed by atoms with Gasteiger partial charge in [-0.05, 0) is 19.3 Å². The van der Waals surface area contributed by atoms with E-state index in [1.807, 2.05) is 0 Å². The summed E-state index contributed by atoms with van der Waals surface area (Å²) in [6.07, 6.45) is 9.17. The van der Waals surface area contributed by atoms with Crippen molar-refractivity contribution in [2.75, 3.05) is 6.61 Å². The molecule has 0 unspecified atom stereocenters. The van der Waals surface area contributed by atoms with E-state index >= 15 is 0 Å². The molecule has 0 amide bonds. The lowest BCUT2D eigenvalue weighted by atomic mass is 10.0. The third-order valence-electron chi connectivity index (χ3n) is 2.93. The van der Waals surface area contributed by atoms with E-state index in [4.69, 9.17) is 4.74 Å². The predicted molar refractivity (Wildman–Crippen MR) is 57.1 cm³/mol. The van der Waals surface area contributed by atoms with Gasteiger partial charge in [-0.1, -0.05) is 39.0 Å². The highest BCUT2D eigenvalue weighted by Crippen LogP contribution is 2.23. The number of hydrogen-bond acceptors (Lipinski definition) is 2. The Balaban J connectivity index is 2.20. The van der Waals surface area contributed by atoms with Crippen LogP contribution < -0.4 is 0 Å². The van der Waals surface area contributed by atoms with Gasteiger partial charge in [-0.3, -0.25) is 4.79 Å². The molecule has 2 heteroatoms. The van der Waals surface area contributed by atoms with Gasteiger partial charge in [-0.25, -0.2) is 0 Å². The summed E-state index contributed by atoms with van der Waals surface area (Å²) in [5.41, 5.74) is 0. The SMILES string of the molecule is CCCCOC(=O)C1CCCCCC1. The minimum absolute atomic E-state index is 0.0559. The van der Waals surface area contributed by atoms with E-state index in [0.717, 1.165) is 25.7 Å². The van der Waals surface area contributed by atoms with Crippen molar-refractivity contribution in [3.8, 4) is 0 Å². The lowest BCUT2D eigenvalue weighted by molar-refractivity contribution is -0.149. The molecule has 1 aliphatic carbocycles. The molecule has 14 heavy (non-hydrogen) atoms. The van der Waals surface area contributed by atoms with E-state index < -0.39 is 0 Å². The second kappa shape index (κ2) is 6.86. The van der Waals surface area contributed by atoms with Crippen LogP contribution in [0.15, 0.2) is 0 Å². The van der Waals surface area contributed by atoms with E-state index in [0.29, 0.717) is 6.61 Å². The molecule has 0 saturated heterocycles. The van der Waals surface area contributed by atoms with Crippen LogP contribution in [0.3, 0.4) is 0 Å². The van der Waals surface area contributed by atoms with Crippen molar-refractivity contribution in [3.63, 3.8) is 0 Å². The maximum Gasteiger partial charge on any atom is 0.308 e. The summed E-state index contributed by atoms with van der Waals surface area (Å²) in [6.45, 7) is 2.73. The summed E-state index contributed by atoms with van der Waals surface area (Å²) in [6, 6.07) is 0. The Morgan fingerprint density at radius 3 is 2.43 bits per heavy atom. The summed E-state index contributed by atoms with van der Waals surface area (Å²) in [5.74, 6) is 0.259. The summed E-state index contributed by atoms with van der Waals surface area (Å²) >= 11 is 0. The first-order valence-corrected chi connectivity index (χ1v) is 6.01. The highest BCUT2D eigenvalue weighted by atomic mass is 16.5. The average molecular weight is 198 g/mol. The Morgan fingerprint density at radius 2 is 1.86 bits per heavy atom. The lowest BCUT2D eigenvalue weighted by Crippen LogP contribution is -2.17. The molecule has 0 radical (unpaired) electrons. The minimum Gasteiger partial charge on any atom is -0.465 e. The normalized spacial score (nSPS) is 18.9. The summed E-state index contributed by atoms with van der Waals surface area (Å²) in [7, 11) is 0. The van der Waals surface area contributed by atoms with Gasteiger partial charge in [0.05, 0.1) is 12.5 Å². The largest absolute Gasteiger partial charge is 0.465 e. The van der Waals surface area contributed by atoms with Gasteiger partial charge < -0.3 is 4.74 Å². The fourth-order valence-electron chi connectivity index (χ4n) is 1.95. The molecule has 1 saturated carbocycles. The topological polar surface area (TPSA) is 26.3 Å². The van der Waals surface area contributed by atoms with Crippen LogP contribution in [0.1, 0.15) is 58.3 Å². The summed E-state index contributed by atoms with van der Waals surface area (Å²) in [4.78, 5) is 11.6. The van der Waals surface area contributed by atoms with Crippen molar-refractivity contribution in [2.45, 2.75) is 58.3 Å². The van der Waals surface area contributed by atoms with Crippen LogP contribution in [-0.4, -0.2) is 12.6 Å². The molecule has 1 aliphatic rings.